The number of carbonyl (C=O) groups excluding carboxylic acids is 1. The maximum atomic E-state index is 12.2. The van der Waals surface area contributed by atoms with E-state index in [0.717, 1.165) is 18.8 Å². The summed E-state index contributed by atoms with van der Waals surface area (Å²) in [5, 5.41) is 11.2. The quantitative estimate of drug-likeness (QED) is 0.838. The fourth-order valence-electron chi connectivity index (χ4n) is 3.16. The summed E-state index contributed by atoms with van der Waals surface area (Å²) in [5.41, 5.74) is 0. The molecule has 1 saturated heterocycles. The average molecular weight is 321 g/mol. The van der Waals surface area contributed by atoms with Crippen molar-refractivity contribution in [1.29, 1.82) is 0 Å². The van der Waals surface area contributed by atoms with Gasteiger partial charge in [0.2, 0.25) is 5.91 Å². The number of nitrogens with one attached hydrogen (secondary N) is 1. The first kappa shape index (κ1) is 17.9. The summed E-state index contributed by atoms with van der Waals surface area (Å²) in [6.45, 7) is 9.55. The molecule has 1 aromatic rings. The van der Waals surface area contributed by atoms with E-state index < -0.39 is 0 Å². The number of aromatic nitrogens is 3. The Morgan fingerprint density at radius 2 is 1.91 bits per heavy atom. The van der Waals surface area contributed by atoms with Gasteiger partial charge in [-0.3, -0.25) is 4.79 Å². The molecule has 23 heavy (non-hydrogen) atoms. The van der Waals surface area contributed by atoms with Gasteiger partial charge in [-0.25, -0.2) is 0 Å². The minimum atomic E-state index is -0.106. The van der Waals surface area contributed by atoms with Gasteiger partial charge in [0.25, 0.3) is 0 Å². The van der Waals surface area contributed by atoms with Crippen molar-refractivity contribution in [3.63, 3.8) is 0 Å². The smallest absolute Gasteiger partial charge is 0.220 e. The first-order valence-electron chi connectivity index (χ1n) is 8.99. The summed E-state index contributed by atoms with van der Waals surface area (Å²) in [6.07, 6.45) is 8.53. The number of carbonyl (C=O) groups is 1. The van der Waals surface area contributed by atoms with Gasteiger partial charge in [-0.15, -0.1) is 10.2 Å². The van der Waals surface area contributed by atoms with Crippen molar-refractivity contribution in [1.82, 2.24) is 25.0 Å². The van der Waals surface area contributed by atoms with Crippen LogP contribution in [0, 0.1) is 0 Å². The van der Waals surface area contributed by atoms with Crippen molar-refractivity contribution in [3.05, 3.63) is 12.2 Å². The normalized spacial score (nSPS) is 17.9. The molecule has 0 aliphatic carbocycles. The third kappa shape index (κ3) is 5.61. The SMILES string of the molecule is CC(C)n1cnnc1[C@H](C)NC(=O)CCCN1CCCCCC1. The van der Waals surface area contributed by atoms with Gasteiger partial charge in [-0.1, -0.05) is 12.8 Å². The van der Waals surface area contributed by atoms with E-state index in [9.17, 15) is 4.79 Å². The summed E-state index contributed by atoms with van der Waals surface area (Å²) in [4.78, 5) is 14.7. The lowest BCUT2D eigenvalue weighted by molar-refractivity contribution is -0.122. The Bertz CT molecular complexity index is 477. The van der Waals surface area contributed by atoms with Gasteiger partial charge in [-0.05, 0) is 59.7 Å². The van der Waals surface area contributed by atoms with Crippen LogP contribution in [-0.2, 0) is 4.79 Å². The number of nitrogens with zero attached hydrogens (tertiary/aromatic N) is 4. The summed E-state index contributed by atoms with van der Waals surface area (Å²) in [7, 11) is 0. The molecule has 0 spiro atoms. The molecule has 0 saturated carbocycles. The van der Waals surface area contributed by atoms with Crippen molar-refractivity contribution in [2.75, 3.05) is 19.6 Å². The maximum Gasteiger partial charge on any atom is 0.220 e. The Balaban J connectivity index is 1.72. The van der Waals surface area contributed by atoms with Gasteiger partial charge in [0.05, 0.1) is 6.04 Å². The van der Waals surface area contributed by atoms with Crippen LogP contribution in [0.2, 0.25) is 0 Å². The second-order valence-electron chi connectivity index (χ2n) is 6.84. The van der Waals surface area contributed by atoms with Crippen molar-refractivity contribution >= 4 is 5.91 Å². The largest absolute Gasteiger partial charge is 0.346 e. The fourth-order valence-corrected chi connectivity index (χ4v) is 3.16. The van der Waals surface area contributed by atoms with Crippen LogP contribution in [0.4, 0.5) is 0 Å². The summed E-state index contributed by atoms with van der Waals surface area (Å²) in [6, 6.07) is 0.188. The van der Waals surface area contributed by atoms with E-state index in [1.165, 1.54) is 38.8 Å². The first-order chi connectivity index (χ1) is 11.1. The second-order valence-corrected chi connectivity index (χ2v) is 6.84. The van der Waals surface area contributed by atoms with Gasteiger partial charge < -0.3 is 14.8 Å². The van der Waals surface area contributed by atoms with Crippen LogP contribution < -0.4 is 5.32 Å². The van der Waals surface area contributed by atoms with Crippen molar-refractivity contribution in [2.24, 2.45) is 0 Å². The molecule has 1 fully saturated rings. The van der Waals surface area contributed by atoms with Crippen LogP contribution >= 0.6 is 0 Å². The number of hydrogen-bond acceptors (Lipinski definition) is 4. The predicted molar refractivity (Wildman–Crippen MR) is 91.1 cm³/mol. The summed E-state index contributed by atoms with van der Waals surface area (Å²) < 4.78 is 2.00. The lowest BCUT2D eigenvalue weighted by Gasteiger charge is -2.20. The zero-order valence-corrected chi connectivity index (χ0v) is 14.8. The van der Waals surface area contributed by atoms with Gasteiger partial charge in [0.15, 0.2) is 5.82 Å². The van der Waals surface area contributed by atoms with Gasteiger partial charge in [0, 0.05) is 12.5 Å². The molecular weight excluding hydrogens is 290 g/mol. The summed E-state index contributed by atoms with van der Waals surface area (Å²) in [5.74, 6) is 0.923. The topological polar surface area (TPSA) is 63.1 Å². The van der Waals surface area contributed by atoms with E-state index in [-0.39, 0.29) is 11.9 Å². The number of hydrogen-bond donors (Lipinski definition) is 1. The van der Waals surface area contributed by atoms with Gasteiger partial charge in [-0.2, -0.15) is 0 Å². The molecular formula is C17H31N5O. The average Bonchev–Trinajstić information content (AvgIpc) is 2.86. The van der Waals surface area contributed by atoms with Crippen LogP contribution in [0.15, 0.2) is 6.33 Å². The molecule has 1 atom stereocenters. The molecule has 6 heteroatoms. The lowest BCUT2D eigenvalue weighted by atomic mass is 10.2. The van der Waals surface area contributed by atoms with Crippen LogP contribution in [-0.4, -0.2) is 45.2 Å². The number of likely N-dealkylation sites (tertiary alicyclic amines) is 1. The van der Waals surface area contributed by atoms with Crippen LogP contribution in [0.25, 0.3) is 0 Å². The molecule has 1 amide bonds. The van der Waals surface area contributed by atoms with Gasteiger partial charge >= 0.3 is 0 Å². The molecule has 0 aromatic carbocycles. The Kier molecular flexibility index (Phi) is 7.02. The van der Waals surface area contributed by atoms with E-state index in [1.807, 2.05) is 11.5 Å². The highest BCUT2D eigenvalue weighted by Crippen LogP contribution is 2.14. The standard InChI is InChI=1S/C17H31N5O/c1-14(2)22-13-18-20-17(22)15(3)19-16(23)9-8-12-21-10-6-4-5-7-11-21/h13-15H,4-12H2,1-3H3,(H,19,23)/t15-/m0/s1. The third-order valence-electron chi connectivity index (χ3n) is 4.50. The van der Waals surface area contributed by atoms with Crippen molar-refractivity contribution in [2.45, 2.75) is 71.4 Å². The van der Waals surface area contributed by atoms with E-state index in [4.69, 9.17) is 0 Å². The minimum Gasteiger partial charge on any atom is -0.346 e. The molecule has 2 rings (SSSR count). The Morgan fingerprint density at radius 3 is 2.57 bits per heavy atom. The predicted octanol–water partition coefficient (Wildman–Crippen LogP) is 2.69. The Morgan fingerprint density at radius 1 is 1.22 bits per heavy atom. The molecule has 1 N–H and O–H groups in total. The van der Waals surface area contributed by atoms with Crippen LogP contribution in [0.5, 0.6) is 0 Å². The molecule has 2 heterocycles. The highest BCUT2D eigenvalue weighted by Gasteiger charge is 2.17. The zero-order chi connectivity index (χ0) is 16.7. The molecule has 0 bridgehead atoms. The molecule has 1 aliphatic rings. The maximum absolute atomic E-state index is 12.2. The van der Waals surface area contributed by atoms with Gasteiger partial charge in [0.1, 0.15) is 6.33 Å². The number of rotatable bonds is 7. The molecule has 1 aromatic heterocycles. The molecule has 130 valence electrons. The molecule has 0 radical (unpaired) electrons. The van der Waals surface area contributed by atoms with Crippen molar-refractivity contribution in [3.8, 4) is 0 Å². The highest BCUT2D eigenvalue weighted by molar-refractivity contribution is 5.76. The fraction of sp³-hybridized carbons (Fsp3) is 0.824. The Labute approximate surface area is 139 Å². The van der Waals surface area contributed by atoms with Crippen LogP contribution in [0.3, 0.4) is 0 Å². The monoisotopic (exact) mass is 321 g/mol. The van der Waals surface area contributed by atoms with Crippen LogP contribution in [0.1, 0.15) is 77.2 Å². The van der Waals surface area contributed by atoms with Crippen molar-refractivity contribution < 1.29 is 4.79 Å². The first-order valence-corrected chi connectivity index (χ1v) is 8.99. The molecule has 1 aliphatic heterocycles. The third-order valence-corrected chi connectivity index (χ3v) is 4.50. The minimum absolute atomic E-state index is 0.102. The van der Waals surface area contributed by atoms with E-state index in [1.54, 1.807) is 6.33 Å². The number of amides is 1. The Hall–Kier alpha value is -1.43. The van der Waals surface area contributed by atoms with E-state index >= 15 is 0 Å². The lowest BCUT2D eigenvalue weighted by Crippen LogP contribution is -2.30. The highest BCUT2D eigenvalue weighted by atomic mass is 16.1. The van der Waals surface area contributed by atoms with E-state index in [2.05, 4.69) is 34.3 Å². The molecule has 6 nitrogen and oxygen atoms in total. The second kappa shape index (κ2) is 9.01. The summed E-state index contributed by atoms with van der Waals surface area (Å²) >= 11 is 0. The molecule has 0 unspecified atom stereocenters. The van der Waals surface area contributed by atoms with E-state index in [0.29, 0.717) is 12.5 Å². The zero-order valence-electron chi connectivity index (χ0n) is 14.8.